The lowest BCUT2D eigenvalue weighted by molar-refractivity contribution is 0.481. The van der Waals surface area contributed by atoms with Crippen molar-refractivity contribution in [3.05, 3.63) is 59.7 Å². The highest BCUT2D eigenvalue weighted by atomic mass is 16.5. The largest absolute Gasteiger partial charge is 0.457 e. The van der Waals surface area contributed by atoms with E-state index in [1.54, 1.807) is 0 Å². The van der Waals surface area contributed by atoms with Gasteiger partial charge in [-0.2, -0.15) is 0 Å². The second-order valence-electron chi connectivity index (χ2n) is 4.35. The molecular weight excluding hydrogens is 222 g/mol. The lowest BCUT2D eigenvalue weighted by Crippen LogP contribution is -1.96. The Labute approximate surface area is 108 Å². The van der Waals surface area contributed by atoms with Crippen molar-refractivity contribution in [1.82, 2.24) is 0 Å². The normalized spacial score (nSPS) is 10.3. The fraction of sp³-hybridized carbons (Fsp3) is 0.250. The first-order valence-corrected chi connectivity index (χ1v) is 6.37. The predicted molar refractivity (Wildman–Crippen MR) is 74.8 cm³/mol. The lowest BCUT2D eigenvalue weighted by Gasteiger charge is -2.07. The van der Waals surface area contributed by atoms with Crippen LogP contribution in [0.4, 0.5) is 0 Å². The average molecular weight is 241 g/mol. The second kappa shape index (κ2) is 6.22. The number of ether oxygens (including phenoxy) is 1. The molecule has 0 aliphatic carbocycles. The number of nitrogens with two attached hydrogens (primary N) is 1. The highest BCUT2D eigenvalue weighted by Crippen LogP contribution is 2.22. The minimum atomic E-state index is 0.534. The van der Waals surface area contributed by atoms with Crippen LogP contribution >= 0.6 is 0 Å². The number of rotatable bonds is 5. The van der Waals surface area contributed by atoms with E-state index < -0.39 is 0 Å². The third-order valence-corrected chi connectivity index (χ3v) is 2.83. The summed E-state index contributed by atoms with van der Waals surface area (Å²) in [4.78, 5) is 0. The second-order valence-corrected chi connectivity index (χ2v) is 4.35. The predicted octanol–water partition coefficient (Wildman–Crippen LogP) is 3.89. The van der Waals surface area contributed by atoms with Crippen LogP contribution < -0.4 is 10.5 Å². The standard InChI is InChI=1S/C16H19NO/c1-2-4-13-7-9-15(10-8-13)18-16-6-3-5-14(11-16)12-17/h3,5-11H,2,4,12,17H2,1H3. The van der Waals surface area contributed by atoms with Gasteiger partial charge in [-0.15, -0.1) is 0 Å². The first-order valence-electron chi connectivity index (χ1n) is 6.37. The maximum absolute atomic E-state index is 5.80. The van der Waals surface area contributed by atoms with Crippen LogP contribution in [0.25, 0.3) is 0 Å². The molecule has 2 nitrogen and oxygen atoms in total. The number of aryl methyl sites for hydroxylation is 1. The minimum absolute atomic E-state index is 0.534. The van der Waals surface area contributed by atoms with Gasteiger partial charge in [0.05, 0.1) is 0 Å². The highest BCUT2D eigenvalue weighted by Gasteiger charge is 1.99. The molecule has 0 heterocycles. The van der Waals surface area contributed by atoms with E-state index in [2.05, 4.69) is 19.1 Å². The van der Waals surface area contributed by atoms with Gasteiger partial charge in [0.2, 0.25) is 0 Å². The molecule has 0 saturated heterocycles. The lowest BCUT2D eigenvalue weighted by atomic mass is 10.1. The zero-order chi connectivity index (χ0) is 12.8. The maximum Gasteiger partial charge on any atom is 0.127 e. The molecule has 0 aliphatic rings. The molecule has 2 aromatic rings. The summed E-state index contributed by atoms with van der Waals surface area (Å²) in [6.45, 7) is 2.72. The van der Waals surface area contributed by atoms with E-state index in [4.69, 9.17) is 10.5 Å². The zero-order valence-corrected chi connectivity index (χ0v) is 10.7. The van der Waals surface area contributed by atoms with Crippen molar-refractivity contribution in [2.24, 2.45) is 5.73 Å². The topological polar surface area (TPSA) is 35.2 Å². The Bertz CT molecular complexity index is 491. The zero-order valence-electron chi connectivity index (χ0n) is 10.7. The van der Waals surface area contributed by atoms with Gasteiger partial charge >= 0.3 is 0 Å². The molecule has 0 atom stereocenters. The van der Waals surface area contributed by atoms with Gasteiger partial charge in [0.1, 0.15) is 11.5 Å². The van der Waals surface area contributed by atoms with Crippen molar-refractivity contribution >= 4 is 0 Å². The van der Waals surface area contributed by atoms with Crippen molar-refractivity contribution < 1.29 is 4.74 Å². The van der Waals surface area contributed by atoms with Gasteiger partial charge in [-0.05, 0) is 41.8 Å². The first kappa shape index (κ1) is 12.7. The maximum atomic E-state index is 5.80. The molecule has 2 aromatic carbocycles. The number of hydrogen-bond donors (Lipinski definition) is 1. The van der Waals surface area contributed by atoms with E-state index in [0.717, 1.165) is 23.5 Å². The van der Waals surface area contributed by atoms with Gasteiger partial charge in [-0.1, -0.05) is 37.6 Å². The average Bonchev–Trinajstić information content (AvgIpc) is 2.42. The van der Waals surface area contributed by atoms with Gasteiger partial charge in [0.25, 0.3) is 0 Å². The fourth-order valence-corrected chi connectivity index (χ4v) is 1.88. The molecule has 0 spiro atoms. The summed E-state index contributed by atoms with van der Waals surface area (Å²) in [5.41, 5.74) is 8.04. The Morgan fingerprint density at radius 1 is 0.944 bits per heavy atom. The van der Waals surface area contributed by atoms with Gasteiger partial charge < -0.3 is 10.5 Å². The SMILES string of the molecule is CCCc1ccc(Oc2cccc(CN)c2)cc1. The number of benzene rings is 2. The summed E-state index contributed by atoms with van der Waals surface area (Å²) >= 11 is 0. The summed E-state index contributed by atoms with van der Waals surface area (Å²) in [6.07, 6.45) is 2.28. The van der Waals surface area contributed by atoms with E-state index in [1.165, 1.54) is 12.0 Å². The van der Waals surface area contributed by atoms with Crippen molar-refractivity contribution in [3.63, 3.8) is 0 Å². The fourth-order valence-electron chi connectivity index (χ4n) is 1.88. The third kappa shape index (κ3) is 3.34. The van der Waals surface area contributed by atoms with Crippen LogP contribution in [0.5, 0.6) is 11.5 Å². The Hall–Kier alpha value is -1.80. The van der Waals surface area contributed by atoms with Crippen LogP contribution in [-0.2, 0) is 13.0 Å². The molecule has 0 fully saturated rings. The summed E-state index contributed by atoms with van der Waals surface area (Å²) in [5, 5.41) is 0. The van der Waals surface area contributed by atoms with Gasteiger partial charge in [-0.25, -0.2) is 0 Å². The molecule has 0 aromatic heterocycles. The summed E-state index contributed by atoms with van der Waals surface area (Å²) in [6, 6.07) is 16.1. The molecule has 0 aliphatic heterocycles. The van der Waals surface area contributed by atoms with Crippen molar-refractivity contribution in [2.45, 2.75) is 26.3 Å². The van der Waals surface area contributed by atoms with E-state index in [0.29, 0.717) is 6.54 Å². The van der Waals surface area contributed by atoms with Gasteiger partial charge in [0.15, 0.2) is 0 Å². The first-order chi connectivity index (χ1) is 8.81. The van der Waals surface area contributed by atoms with Gasteiger partial charge in [-0.3, -0.25) is 0 Å². The van der Waals surface area contributed by atoms with Crippen LogP contribution in [0.1, 0.15) is 24.5 Å². The molecule has 0 saturated carbocycles. The molecule has 2 heteroatoms. The van der Waals surface area contributed by atoms with Crippen LogP contribution in [0, 0.1) is 0 Å². The van der Waals surface area contributed by atoms with E-state index in [9.17, 15) is 0 Å². The highest BCUT2D eigenvalue weighted by molar-refractivity contribution is 5.35. The van der Waals surface area contributed by atoms with Crippen molar-refractivity contribution in [2.75, 3.05) is 0 Å². The quantitative estimate of drug-likeness (QED) is 0.862. The third-order valence-electron chi connectivity index (χ3n) is 2.83. The van der Waals surface area contributed by atoms with E-state index >= 15 is 0 Å². The molecule has 94 valence electrons. The Morgan fingerprint density at radius 2 is 1.72 bits per heavy atom. The summed E-state index contributed by atoms with van der Waals surface area (Å²) in [7, 11) is 0. The monoisotopic (exact) mass is 241 g/mol. The van der Waals surface area contributed by atoms with E-state index in [-0.39, 0.29) is 0 Å². The van der Waals surface area contributed by atoms with Crippen LogP contribution in [0.15, 0.2) is 48.5 Å². The molecule has 0 unspecified atom stereocenters. The summed E-state index contributed by atoms with van der Waals surface area (Å²) < 4.78 is 5.80. The molecule has 2 N–H and O–H groups in total. The summed E-state index contributed by atoms with van der Waals surface area (Å²) in [5.74, 6) is 1.70. The Balaban J connectivity index is 2.08. The van der Waals surface area contributed by atoms with Crippen molar-refractivity contribution in [3.8, 4) is 11.5 Å². The van der Waals surface area contributed by atoms with Crippen LogP contribution in [0.3, 0.4) is 0 Å². The van der Waals surface area contributed by atoms with Crippen molar-refractivity contribution in [1.29, 1.82) is 0 Å². The molecular formula is C16H19NO. The molecule has 0 amide bonds. The van der Waals surface area contributed by atoms with Crippen LogP contribution in [0.2, 0.25) is 0 Å². The van der Waals surface area contributed by atoms with E-state index in [1.807, 2.05) is 36.4 Å². The Kier molecular flexibility index (Phi) is 4.37. The molecule has 18 heavy (non-hydrogen) atoms. The smallest absolute Gasteiger partial charge is 0.127 e. The minimum Gasteiger partial charge on any atom is -0.457 e. The van der Waals surface area contributed by atoms with Crippen LogP contribution in [-0.4, -0.2) is 0 Å². The molecule has 2 rings (SSSR count). The number of hydrogen-bond acceptors (Lipinski definition) is 2. The molecule has 0 bridgehead atoms. The van der Waals surface area contributed by atoms with Gasteiger partial charge in [0, 0.05) is 6.54 Å². The Morgan fingerprint density at radius 3 is 2.39 bits per heavy atom. The molecule has 0 radical (unpaired) electrons.